The van der Waals surface area contributed by atoms with Crippen molar-refractivity contribution in [2.45, 2.75) is 6.92 Å². The fourth-order valence-electron chi connectivity index (χ4n) is 2.21. The number of allylic oxidation sites excluding steroid dienone is 1. The Bertz CT molecular complexity index is 439. The van der Waals surface area contributed by atoms with E-state index in [-0.39, 0.29) is 0 Å². The Balaban J connectivity index is 1.88. The number of rotatable bonds is 6. The Morgan fingerprint density at radius 3 is 2.75 bits per heavy atom. The second kappa shape index (κ2) is 7.92. The first-order valence-electron chi connectivity index (χ1n) is 7.07. The van der Waals surface area contributed by atoms with Crippen LogP contribution in [0.4, 0.5) is 0 Å². The molecule has 0 spiro atoms. The molecule has 1 heterocycles. The number of methoxy groups -OCH3 is 1. The molecule has 0 saturated carbocycles. The lowest BCUT2D eigenvalue weighted by atomic mass is 10.2. The van der Waals surface area contributed by atoms with Crippen molar-refractivity contribution in [3.8, 4) is 11.5 Å². The summed E-state index contributed by atoms with van der Waals surface area (Å²) in [4.78, 5) is 2.35. The van der Waals surface area contributed by atoms with Crippen LogP contribution in [-0.2, 0) is 4.74 Å². The largest absolute Gasteiger partial charge is 0.493 e. The third-order valence-electron chi connectivity index (χ3n) is 3.32. The highest BCUT2D eigenvalue weighted by atomic mass is 16.5. The van der Waals surface area contributed by atoms with Crippen LogP contribution in [0.3, 0.4) is 0 Å². The molecule has 0 aliphatic carbocycles. The molecule has 1 aromatic carbocycles. The van der Waals surface area contributed by atoms with Crippen LogP contribution >= 0.6 is 0 Å². The monoisotopic (exact) mass is 277 g/mol. The van der Waals surface area contributed by atoms with E-state index in [2.05, 4.69) is 4.90 Å². The van der Waals surface area contributed by atoms with Crippen LogP contribution < -0.4 is 9.47 Å². The first-order chi connectivity index (χ1) is 9.83. The summed E-state index contributed by atoms with van der Waals surface area (Å²) >= 11 is 0. The van der Waals surface area contributed by atoms with E-state index in [1.165, 1.54) is 0 Å². The van der Waals surface area contributed by atoms with Crippen molar-refractivity contribution in [2.75, 3.05) is 46.6 Å². The third-order valence-corrected chi connectivity index (χ3v) is 3.32. The van der Waals surface area contributed by atoms with Crippen LogP contribution in [-0.4, -0.2) is 51.5 Å². The highest BCUT2D eigenvalue weighted by Crippen LogP contribution is 2.28. The summed E-state index contributed by atoms with van der Waals surface area (Å²) in [5.74, 6) is 1.58. The van der Waals surface area contributed by atoms with E-state index in [1.54, 1.807) is 7.11 Å². The van der Waals surface area contributed by atoms with E-state index in [9.17, 15) is 0 Å². The highest BCUT2D eigenvalue weighted by Gasteiger charge is 2.10. The molecule has 4 heteroatoms. The van der Waals surface area contributed by atoms with Gasteiger partial charge in [-0.15, -0.1) is 0 Å². The molecule has 1 aliphatic heterocycles. The topological polar surface area (TPSA) is 30.9 Å². The SMILES string of the molecule is CC=Cc1ccc(OCCN2CCOCC2)c(OC)c1. The van der Waals surface area contributed by atoms with E-state index in [4.69, 9.17) is 14.2 Å². The average molecular weight is 277 g/mol. The summed E-state index contributed by atoms with van der Waals surface area (Å²) < 4.78 is 16.5. The molecule has 0 amide bonds. The first kappa shape index (κ1) is 14.9. The summed E-state index contributed by atoms with van der Waals surface area (Å²) in [6, 6.07) is 5.99. The average Bonchev–Trinajstić information content (AvgIpc) is 2.50. The quantitative estimate of drug-likeness (QED) is 0.799. The van der Waals surface area contributed by atoms with Crippen molar-refractivity contribution in [3.05, 3.63) is 29.8 Å². The van der Waals surface area contributed by atoms with Crippen LogP contribution in [0.2, 0.25) is 0 Å². The Morgan fingerprint density at radius 1 is 1.25 bits per heavy atom. The number of hydrogen-bond donors (Lipinski definition) is 0. The molecular weight excluding hydrogens is 254 g/mol. The standard InChI is InChI=1S/C16H23NO3/c1-3-4-14-5-6-15(16(13-14)18-2)20-12-9-17-7-10-19-11-8-17/h3-6,13H,7-12H2,1-2H3. The normalized spacial score (nSPS) is 16.5. The zero-order valence-electron chi connectivity index (χ0n) is 12.3. The van der Waals surface area contributed by atoms with Gasteiger partial charge in [-0.2, -0.15) is 0 Å². The van der Waals surface area contributed by atoms with E-state index in [1.807, 2.05) is 37.3 Å². The molecule has 0 N–H and O–H groups in total. The van der Waals surface area contributed by atoms with Crippen molar-refractivity contribution in [1.29, 1.82) is 0 Å². The van der Waals surface area contributed by atoms with Gasteiger partial charge in [-0.25, -0.2) is 0 Å². The van der Waals surface area contributed by atoms with Crippen LogP contribution in [0.5, 0.6) is 11.5 Å². The van der Waals surface area contributed by atoms with Gasteiger partial charge in [0.15, 0.2) is 11.5 Å². The zero-order valence-corrected chi connectivity index (χ0v) is 12.3. The van der Waals surface area contributed by atoms with E-state index < -0.39 is 0 Å². The molecule has 1 fully saturated rings. The molecule has 110 valence electrons. The lowest BCUT2D eigenvalue weighted by molar-refractivity contribution is 0.0321. The van der Waals surface area contributed by atoms with Crippen LogP contribution in [0.25, 0.3) is 6.08 Å². The first-order valence-corrected chi connectivity index (χ1v) is 7.07. The number of benzene rings is 1. The predicted molar refractivity (Wildman–Crippen MR) is 80.5 cm³/mol. The van der Waals surface area contributed by atoms with Crippen molar-refractivity contribution in [3.63, 3.8) is 0 Å². The molecule has 2 rings (SSSR count). The summed E-state index contributed by atoms with van der Waals surface area (Å²) in [6.07, 6.45) is 4.05. The molecule has 4 nitrogen and oxygen atoms in total. The smallest absolute Gasteiger partial charge is 0.161 e. The maximum atomic E-state index is 5.83. The van der Waals surface area contributed by atoms with E-state index in [0.29, 0.717) is 6.61 Å². The van der Waals surface area contributed by atoms with Gasteiger partial charge in [0.05, 0.1) is 20.3 Å². The Morgan fingerprint density at radius 2 is 2.05 bits per heavy atom. The van der Waals surface area contributed by atoms with Crippen LogP contribution in [0.1, 0.15) is 12.5 Å². The Kier molecular flexibility index (Phi) is 5.89. The minimum absolute atomic E-state index is 0.666. The lowest BCUT2D eigenvalue weighted by Gasteiger charge is -2.26. The van der Waals surface area contributed by atoms with Crippen molar-refractivity contribution < 1.29 is 14.2 Å². The minimum atomic E-state index is 0.666. The Hall–Kier alpha value is -1.52. The third kappa shape index (κ3) is 4.25. The second-order valence-corrected chi connectivity index (χ2v) is 4.71. The molecule has 0 atom stereocenters. The summed E-state index contributed by atoms with van der Waals surface area (Å²) in [6.45, 7) is 7.20. The van der Waals surface area contributed by atoms with Gasteiger partial charge in [-0.05, 0) is 24.6 Å². The van der Waals surface area contributed by atoms with Gasteiger partial charge in [0.1, 0.15) is 6.61 Å². The Labute approximate surface area is 120 Å². The van der Waals surface area contributed by atoms with E-state index in [0.717, 1.165) is 49.9 Å². The number of nitrogens with zero attached hydrogens (tertiary/aromatic N) is 1. The zero-order chi connectivity index (χ0) is 14.2. The van der Waals surface area contributed by atoms with Crippen molar-refractivity contribution >= 4 is 6.08 Å². The highest BCUT2D eigenvalue weighted by molar-refractivity contribution is 5.55. The van der Waals surface area contributed by atoms with Gasteiger partial charge in [0.25, 0.3) is 0 Å². The number of hydrogen-bond acceptors (Lipinski definition) is 4. The maximum Gasteiger partial charge on any atom is 0.161 e. The maximum absolute atomic E-state index is 5.83. The van der Waals surface area contributed by atoms with E-state index >= 15 is 0 Å². The molecule has 1 saturated heterocycles. The van der Waals surface area contributed by atoms with Crippen LogP contribution in [0, 0.1) is 0 Å². The molecule has 1 aromatic rings. The summed E-state index contributed by atoms with van der Waals surface area (Å²) in [7, 11) is 1.67. The van der Waals surface area contributed by atoms with Gasteiger partial charge < -0.3 is 14.2 Å². The van der Waals surface area contributed by atoms with Crippen molar-refractivity contribution in [2.24, 2.45) is 0 Å². The number of ether oxygens (including phenoxy) is 3. The van der Waals surface area contributed by atoms with Gasteiger partial charge >= 0.3 is 0 Å². The summed E-state index contributed by atoms with van der Waals surface area (Å²) in [5, 5.41) is 0. The fourth-order valence-corrected chi connectivity index (χ4v) is 2.21. The minimum Gasteiger partial charge on any atom is -0.493 e. The lowest BCUT2D eigenvalue weighted by Crippen LogP contribution is -2.38. The van der Waals surface area contributed by atoms with Crippen molar-refractivity contribution in [1.82, 2.24) is 4.90 Å². The second-order valence-electron chi connectivity index (χ2n) is 4.71. The fraction of sp³-hybridized carbons (Fsp3) is 0.500. The molecule has 0 bridgehead atoms. The molecule has 0 radical (unpaired) electrons. The summed E-state index contributed by atoms with van der Waals surface area (Å²) in [5.41, 5.74) is 1.12. The van der Waals surface area contributed by atoms with Gasteiger partial charge in [0, 0.05) is 19.6 Å². The van der Waals surface area contributed by atoms with Gasteiger partial charge in [0.2, 0.25) is 0 Å². The molecule has 1 aliphatic rings. The van der Waals surface area contributed by atoms with Crippen LogP contribution in [0.15, 0.2) is 24.3 Å². The number of morpholine rings is 1. The molecular formula is C16H23NO3. The molecule has 0 unspecified atom stereocenters. The van der Waals surface area contributed by atoms with Gasteiger partial charge in [-0.1, -0.05) is 18.2 Å². The molecule has 0 aromatic heterocycles. The predicted octanol–water partition coefficient (Wildman–Crippen LogP) is 2.44. The van der Waals surface area contributed by atoms with Gasteiger partial charge in [-0.3, -0.25) is 4.90 Å². The molecule has 20 heavy (non-hydrogen) atoms.